The number of hydrogen-bond acceptors (Lipinski definition) is 5. The third-order valence-corrected chi connectivity index (χ3v) is 5.79. The second-order valence-corrected chi connectivity index (χ2v) is 8.30. The van der Waals surface area contributed by atoms with Crippen LogP contribution in [0.4, 0.5) is 5.00 Å². The quantitative estimate of drug-likeness (QED) is 0.196. The average molecular weight is 424 g/mol. The smallest absolute Gasteiger partial charge is 0.300 e. The zero-order valence-corrected chi connectivity index (χ0v) is 16.2. The maximum atomic E-state index is 12.6. The largest absolute Gasteiger partial charge is 0.341 e. The van der Waals surface area contributed by atoms with Crippen molar-refractivity contribution < 1.29 is 14.0 Å². The van der Waals surface area contributed by atoms with Crippen LogP contribution in [0.25, 0.3) is 0 Å². The predicted molar refractivity (Wildman–Crippen MR) is 96.0 cm³/mol. The lowest BCUT2D eigenvalue weighted by atomic mass is 10.3. The first-order chi connectivity index (χ1) is 11.0. The highest BCUT2D eigenvalue weighted by molar-refractivity contribution is 9.09. The summed E-state index contributed by atoms with van der Waals surface area (Å²) in [4.78, 5) is 11.2. The van der Waals surface area contributed by atoms with E-state index >= 15 is 0 Å². The Balaban J connectivity index is 2.83. The first-order valence-electron chi connectivity index (χ1n) is 6.96. The van der Waals surface area contributed by atoms with E-state index in [-0.39, 0.29) is 11.6 Å². The van der Waals surface area contributed by atoms with Crippen LogP contribution in [0.3, 0.4) is 0 Å². The molecule has 0 aliphatic carbocycles. The minimum Gasteiger partial charge on any atom is -0.300 e. The van der Waals surface area contributed by atoms with E-state index in [9.17, 15) is 14.7 Å². The summed E-state index contributed by atoms with van der Waals surface area (Å²) in [6, 6.07) is 1.61. The zero-order valence-electron chi connectivity index (χ0n) is 12.9. The third-order valence-electron chi connectivity index (χ3n) is 2.56. The Morgan fingerprint density at radius 2 is 2.17 bits per heavy atom. The van der Waals surface area contributed by atoms with Crippen molar-refractivity contribution in [3.8, 4) is 11.8 Å². The normalized spacial score (nSPS) is 13.2. The number of nitrogens with one attached hydrogen (secondary N) is 2. The Morgan fingerprint density at radius 1 is 1.48 bits per heavy atom. The van der Waals surface area contributed by atoms with E-state index in [0.29, 0.717) is 28.9 Å². The van der Waals surface area contributed by atoms with Crippen molar-refractivity contribution in [3.05, 3.63) is 26.6 Å². The molecule has 23 heavy (non-hydrogen) atoms. The first kappa shape index (κ1) is 20.3. The first-order valence-corrected chi connectivity index (χ1v) is 10.5. The summed E-state index contributed by atoms with van der Waals surface area (Å²) in [5.41, 5.74) is 0.353. The van der Waals surface area contributed by atoms with Crippen molar-refractivity contribution in [1.82, 2.24) is 10.2 Å². The van der Waals surface area contributed by atoms with Crippen LogP contribution in [-0.2, 0) is 15.7 Å². The van der Waals surface area contributed by atoms with E-state index in [4.69, 9.17) is 4.52 Å². The van der Waals surface area contributed by atoms with Crippen LogP contribution in [0.2, 0.25) is 0 Å². The van der Waals surface area contributed by atoms with E-state index in [0.717, 1.165) is 17.8 Å². The van der Waals surface area contributed by atoms with E-state index in [1.165, 1.54) is 0 Å². The van der Waals surface area contributed by atoms with Crippen molar-refractivity contribution in [1.29, 1.82) is 0 Å². The van der Waals surface area contributed by atoms with Crippen LogP contribution in [0.15, 0.2) is 6.07 Å². The molecule has 1 unspecified atom stereocenters. The fraction of sp³-hybridized carbons (Fsp3) is 0.538. The van der Waals surface area contributed by atoms with E-state index in [2.05, 4.69) is 37.9 Å². The summed E-state index contributed by atoms with van der Waals surface area (Å²) in [7, 11) is -3.19. The number of nitrogens with zero attached hydrogens (tertiary/aromatic N) is 1. The van der Waals surface area contributed by atoms with Gasteiger partial charge in [-0.15, -0.1) is 5.92 Å². The van der Waals surface area contributed by atoms with Crippen LogP contribution in [-0.4, -0.2) is 23.3 Å². The molecule has 0 saturated carbocycles. The fourth-order valence-electron chi connectivity index (χ4n) is 1.61. The van der Waals surface area contributed by atoms with Crippen LogP contribution in [0.5, 0.6) is 0 Å². The summed E-state index contributed by atoms with van der Waals surface area (Å²) in [5, 5.41) is 17.3. The topological polar surface area (TPSA) is 93.5 Å². The van der Waals surface area contributed by atoms with Crippen molar-refractivity contribution >= 4 is 39.9 Å². The zero-order chi connectivity index (χ0) is 17.3. The van der Waals surface area contributed by atoms with Crippen molar-refractivity contribution in [3.63, 3.8) is 0 Å². The second kappa shape index (κ2) is 10.2. The minimum atomic E-state index is -3.19. The summed E-state index contributed by atoms with van der Waals surface area (Å²) in [5.74, 6) is 5.35. The molecular formula is C13H19BrN3O4PS. The fourth-order valence-corrected chi connectivity index (χ4v) is 4.58. The maximum absolute atomic E-state index is 12.6. The summed E-state index contributed by atoms with van der Waals surface area (Å²) in [6.07, 6.45) is 0.810. The minimum absolute atomic E-state index is 0.0141. The highest BCUT2D eigenvalue weighted by Gasteiger charge is 2.24. The molecular weight excluding hydrogens is 405 g/mol. The molecule has 0 spiro atoms. The monoisotopic (exact) mass is 423 g/mol. The van der Waals surface area contributed by atoms with Crippen LogP contribution >= 0.6 is 34.9 Å². The summed E-state index contributed by atoms with van der Waals surface area (Å²) >= 11 is 4.24. The summed E-state index contributed by atoms with van der Waals surface area (Å²) < 4.78 is 18.1. The Bertz CT molecular complexity index is 629. The van der Waals surface area contributed by atoms with Gasteiger partial charge in [0.2, 0.25) is 0 Å². The number of halogens is 1. The summed E-state index contributed by atoms with van der Waals surface area (Å²) in [6.45, 7) is 4.61. The van der Waals surface area contributed by atoms with Gasteiger partial charge >= 0.3 is 12.7 Å². The highest BCUT2D eigenvalue weighted by Crippen LogP contribution is 2.40. The lowest BCUT2D eigenvalue weighted by Crippen LogP contribution is -2.26. The van der Waals surface area contributed by atoms with E-state index < -0.39 is 12.6 Å². The molecule has 1 heterocycles. The Labute approximate surface area is 148 Å². The van der Waals surface area contributed by atoms with E-state index in [1.807, 2.05) is 6.92 Å². The van der Waals surface area contributed by atoms with Crippen LogP contribution < -0.4 is 10.2 Å². The number of thiophene rings is 1. The number of nitro groups is 1. The molecule has 10 heteroatoms. The molecule has 0 aliphatic heterocycles. The van der Waals surface area contributed by atoms with Gasteiger partial charge in [0, 0.05) is 23.3 Å². The molecule has 1 atom stereocenters. The van der Waals surface area contributed by atoms with Crippen LogP contribution in [0, 0.1) is 22.0 Å². The molecule has 0 saturated heterocycles. The van der Waals surface area contributed by atoms with Gasteiger partial charge in [-0.05, 0) is 19.4 Å². The Morgan fingerprint density at radius 3 is 2.74 bits per heavy atom. The Kier molecular flexibility index (Phi) is 8.99. The number of alkyl halides is 1. The third kappa shape index (κ3) is 6.71. The van der Waals surface area contributed by atoms with Gasteiger partial charge in [-0.1, -0.05) is 40.1 Å². The van der Waals surface area contributed by atoms with Gasteiger partial charge in [-0.3, -0.25) is 14.7 Å². The highest BCUT2D eigenvalue weighted by atomic mass is 79.9. The van der Waals surface area contributed by atoms with Gasteiger partial charge < -0.3 is 4.52 Å². The molecule has 1 aromatic heterocycles. The Hall–Kier alpha value is -0.750. The van der Waals surface area contributed by atoms with Gasteiger partial charge in [0.05, 0.1) is 11.5 Å². The van der Waals surface area contributed by atoms with Crippen molar-refractivity contribution in [2.75, 3.05) is 18.4 Å². The van der Waals surface area contributed by atoms with Gasteiger partial charge in [-0.25, -0.2) is 10.2 Å². The van der Waals surface area contributed by atoms with Crippen molar-refractivity contribution in [2.24, 2.45) is 0 Å². The number of rotatable bonds is 10. The SMILES string of the molecule is CC#Cc1cc(COP(=O)(NCCC)NCCBr)sc1[N+](=O)[O-]. The van der Waals surface area contributed by atoms with Gasteiger partial charge in [0.15, 0.2) is 0 Å². The molecule has 128 valence electrons. The lowest BCUT2D eigenvalue weighted by Gasteiger charge is -2.19. The molecule has 0 aliphatic rings. The maximum Gasteiger partial charge on any atom is 0.341 e. The average Bonchev–Trinajstić information content (AvgIpc) is 2.93. The van der Waals surface area contributed by atoms with Gasteiger partial charge in [0.1, 0.15) is 5.56 Å². The lowest BCUT2D eigenvalue weighted by molar-refractivity contribution is -0.380. The van der Waals surface area contributed by atoms with E-state index in [1.54, 1.807) is 13.0 Å². The molecule has 0 amide bonds. The molecule has 1 aromatic rings. The molecule has 1 rings (SSSR count). The standard InChI is InChI=1S/C13H19BrN3O4PS/c1-3-5-11-9-12(23-13(11)17(18)19)10-21-22(20,15-7-4-2)16-8-6-14/h9H,4,6-8,10H2,1-2H3,(H2,15,16,20). The molecule has 0 radical (unpaired) electrons. The molecule has 0 bridgehead atoms. The van der Waals surface area contributed by atoms with Gasteiger partial charge in [-0.2, -0.15) is 0 Å². The van der Waals surface area contributed by atoms with Gasteiger partial charge in [0.25, 0.3) is 0 Å². The van der Waals surface area contributed by atoms with Crippen molar-refractivity contribution in [2.45, 2.75) is 26.9 Å². The molecule has 0 aromatic carbocycles. The molecule has 2 N–H and O–H groups in total. The molecule has 0 fully saturated rings. The number of hydrogen-bond donors (Lipinski definition) is 2. The molecule has 7 nitrogen and oxygen atoms in total. The van der Waals surface area contributed by atoms with Crippen LogP contribution in [0.1, 0.15) is 30.7 Å². The predicted octanol–water partition coefficient (Wildman–Crippen LogP) is 3.64. The second-order valence-electron chi connectivity index (χ2n) is 4.39.